The quantitative estimate of drug-likeness (QED) is 0.215. The first kappa shape index (κ1) is 16.8. The summed E-state index contributed by atoms with van der Waals surface area (Å²) in [5, 5.41) is 0. The lowest BCUT2D eigenvalue weighted by atomic mass is 15.7. The first-order valence-corrected chi connectivity index (χ1v) is 4.23. The predicted octanol–water partition coefficient (Wildman–Crippen LogP) is -2.85. The lowest BCUT2D eigenvalue weighted by molar-refractivity contribution is 0.117. The normalized spacial score (nSPS) is 12.2. The monoisotopic (exact) mass is 213 g/mol. The molecule has 10 heteroatoms. The zero-order chi connectivity index (χ0) is 8.08. The lowest BCUT2D eigenvalue weighted by Gasteiger charge is -1.91. The summed E-state index contributed by atoms with van der Waals surface area (Å²) in [6.07, 6.45) is 0. The highest BCUT2D eigenvalue weighted by Gasteiger charge is 2.22. The van der Waals surface area contributed by atoms with Gasteiger partial charge in [0.25, 0.3) is 0 Å². The van der Waals surface area contributed by atoms with Crippen molar-refractivity contribution in [1.29, 1.82) is 0 Å². The van der Waals surface area contributed by atoms with E-state index in [0.717, 1.165) is 0 Å². The molecule has 0 fully saturated rings. The minimum atomic E-state index is -4.61. The zero-order valence-electron chi connectivity index (χ0n) is 4.37. The molecule has 0 saturated heterocycles. The summed E-state index contributed by atoms with van der Waals surface area (Å²) >= 11 is -2.86. The van der Waals surface area contributed by atoms with E-state index in [-0.39, 0.29) is 12.4 Å². The van der Waals surface area contributed by atoms with Gasteiger partial charge in [0.05, 0.1) is 11.4 Å². The van der Waals surface area contributed by atoms with Crippen LogP contribution in [0.4, 0.5) is 0 Å². The van der Waals surface area contributed by atoms with E-state index in [1.165, 1.54) is 0 Å². The van der Waals surface area contributed by atoms with Crippen molar-refractivity contribution in [1.82, 2.24) is 0 Å². The molecule has 66 valence electrons. The molecule has 0 aromatic heterocycles. The molecule has 0 aromatic carbocycles. The third-order valence-corrected chi connectivity index (χ3v) is 0. The van der Waals surface area contributed by atoms with Crippen molar-refractivity contribution in [3.63, 3.8) is 0 Å². The Balaban J connectivity index is -0.0000000910. The Hall–Kier alpha value is 0.417. The minimum Gasteiger partial charge on any atom is -0.750 e. The number of hydrogen-bond donors (Lipinski definition) is 5. The summed E-state index contributed by atoms with van der Waals surface area (Å²) < 4.78 is 24.1. The maximum Gasteiger partial charge on any atom is 0.668 e. The standard InChI is InChI=1S/ClH.H4O4Si.H2O3S/c;1-5(2,3)4;1-4(2)3/h1H;1-4H;(H2,1,2,3)/p-1. The lowest BCUT2D eigenvalue weighted by Crippen LogP contribution is -2.33. The molecule has 0 amide bonds. The van der Waals surface area contributed by atoms with Gasteiger partial charge in [-0.15, -0.1) is 12.4 Å². The van der Waals surface area contributed by atoms with Crippen LogP contribution in [0.1, 0.15) is 0 Å². The maximum atomic E-state index is 8.56. The van der Waals surface area contributed by atoms with Gasteiger partial charge in [-0.1, -0.05) is 0 Å². The Morgan fingerprint density at radius 2 is 1.20 bits per heavy atom. The Kier molecular flexibility index (Phi) is 12.6. The van der Waals surface area contributed by atoms with Gasteiger partial charge >= 0.3 is 9.05 Å². The summed E-state index contributed by atoms with van der Waals surface area (Å²) in [5.74, 6) is 0. The van der Waals surface area contributed by atoms with Crippen LogP contribution >= 0.6 is 12.4 Å². The molecule has 0 radical (unpaired) electrons. The second-order valence-electron chi connectivity index (χ2n) is 0.817. The van der Waals surface area contributed by atoms with E-state index in [1.54, 1.807) is 0 Å². The minimum absolute atomic E-state index is 0. The van der Waals surface area contributed by atoms with Gasteiger partial charge in [-0.2, -0.15) is 0 Å². The van der Waals surface area contributed by atoms with Crippen molar-refractivity contribution in [2.24, 2.45) is 0 Å². The van der Waals surface area contributed by atoms with Crippen LogP contribution in [0.5, 0.6) is 0 Å². The van der Waals surface area contributed by atoms with E-state index in [9.17, 15) is 0 Å². The van der Waals surface area contributed by atoms with Gasteiger partial charge in [0, 0.05) is 0 Å². The molecule has 7 nitrogen and oxygen atoms in total. The van der Waals surface area contributed by atoms with Crippen LogP contribution in [0, 0.1) is 0 Å². The van der Waals surface area contributed by atoms with E-state index in [4.69, 9.17) is 32.5 Å². The van der Waals surface area contributed by atoms with Gasteiger partial charge in [0.15, 0.2) is 0 Å². The molecule has 1 atom stereocenters. The average molecular weight is 214 g/mol. The van der Waals surface area contributed by atoms with Gasteiger partial charge < -0.3 is 28.3 Å². The molecule has 10 heavy (non-hydrogen) atoms. The molecule has 0 aliphatic heterocycles. The Bertz CT molecular complexity index is 76.1. The van der Waals surface area contributed by atoms with Crippen LogP contribution in [0.25, 0.3) is 0 Å². The van der Waals surface area contributed by atoms with E-state index in [1.807, 2.05) is 0 Å². The van der Waals surface area contributed by atoms with Crippen molar-refractivity contribution in [3.8, 4) is 0 Å². The molecule has 0 aromatic rings. The van der Waals surface area contributed by atoms with Crippen LogP contribution in [-0.2, 0) is 11.4 Å². The molecule has 0 heterocycles. The Morgan fingerprint density at radius 3 is 1.20 bits per heavy atom. The second kappa shape index (κ2) is 7.52. The van der Waals surface area contributed by atoms with Crippen molar-refractivity contribution in [2.75, 3.05) is 0 Å². The zero-order valence-corrected chi connectivity index (χ0v) is 7.00. The van der Waals surface area contributed by atoms with E-state index >= 15 is 0 Å². The number of hydrogen-bond acceptors (Lipinski definition) is 6. The summed E-state index contributed by atoms with van der Waals surface area (Å²) in [7, 11) is -4.61. The van der Waals surface area contributed by atoms with Gasteiger partial charge in [-0.05, 0) is 0 Å². The fourth-order valence-electron chi connectivity index (χ4n) is 0. The summed E-state index contributed by atoms with van der Waals surface area (Å²) in [4.78, 5) is 29.3. The first-order valence-electron chi connectivity index (χ1n) is 1.41. The molecular weight excluding hydrogens is 208 g/mol. The van der Waals surface area contributed by atoms with Crippen LogP contribution in [-0.4, -0.2) is 41.5 Å². The number of halogens is 1. The van der Waals surface area contributed by atoms with Gasteiger partial charge in [0.2, 0.25) is 0 Å². The number of rotatable bonds is 0. The fourth-order valence-corrected chi connectivity index (χ4v) is 0. The van der Waals surface area contributed by atoms with Crippen molar-refractivity contribution >= 4 is 32.8 Å². The molecule has 0 aliphatic rings. The predicted molar refractivity (Wildman–Crippen MR) is 33.4 cm³/mol. The molecular formula is H6ClO7SSi-. The molecule has 0 saturated carbocycles. The second-order valence-corrected chi connectivity index (χ2v) is 2.45. The molecule has 0 aliphatic carbocycles. The molecule has 0 bridgehead atoms. The highest BCUT2D eigenvalue weighted by molar-refractivity contribution is 7.73. The smallest absolute Gasteiger partial charge is 0.668 e. The Morgan fingerprint density at radius 1 is 1.20 bits per heavy atom. The van der Waals surface area contributed by atoms with Crippen molar-refractivity contribution in [3.05, 3.63) is 0 Å². The van der Waals surface area contributed by atoms with Crippen molar-refractivity contribution in [2.45, 2.75) is 0 Å². The molecule has 5 N–H and O–H groups in total. The topological polar surface area (TPSA) is 141 Å². The fraction of sp³-hybridized carbons (Fsp3) is 0. The molecule has 0 spiro atoms. The molecule has 0 rings (SSSR count). The van der Waals surface area contributed by atoms with E-state index < -0.39 is 20.4 Å². The van der Waals surface area contributed by atoms with Crippen LogP contribution < -0.4 is 0 Å². The average Bonchev–Trinajstić information content (AvgIpc) is 1.19. The van der Waals surface area contributed by atoms with Gasteiger partial charge in [0.1, 0.15) is 0 Å². The third kappa shape index (κ3) is 2660. The first-order chi connectivity index (χ1) is 3.73. The van der Waals surface area contributed by atoms with Crippen molar-refractivity contribution < 1.29 is 32.5 Å². The molecule has 1 unspecified atom stereocenters. The van der Waals surface area contributed by atoms with Gasteiger partial charge in [-0.3, -0.25) is 0 Å². The van der Waals surface area contributed by atoms with Gasteiger partial charge in [-0.25, -0.2) is 4.21 Å². The summed E-state index contributed by atoms with van der Waals surface area (Å²) in [6.45, 7) is 0. The maximum absolute atomic E-state index is 8.56. The largest absolute Gasteiger partial charge is 0.750 e. The Labute approximate surface area is 66.0 Å². The summed E-state index contributed by atoms with van der Waals surface area (Å²) in [5.41, 5.74) is 0. The van der Waals surface area contributed by atoms with Crippen LogP contribution in [0.15, 0.2) is 0 Å². The third-order valence-electron chi connectivity index (χ3n) is 0. The van der Waals surface area contributed by atoms with Crippen LogP contribution in [0.3, 0.4) is 0 Å². The van der Waals surface area contributed by atoms with E-state index in [0.29, 0.717) is 0 Å². The summed E-state index contributed by atoms with van der Waals surface area (Å²) in [6, 6.07) is 0. The van der Waals surface area contributed by atoms with Crippen LogP contribution in [0.2, 0.25) is 0 Å². The SMILES string of the molecule is Cl.O=S([O-])O.O[Si](O)(O)O. The van der Waals surface area contributed by atoms with E-state index in [2.05, 4.69) is 0 Å². The highest BCUT2D eigenvalue weighted by atomic mass is 35.5. The highest BCUT2D eigenvalue weighted by Crippen LogP contribution is 1.67.